The Morgan fingerprint density at radius 2 is 2.05 bits per heavy atom. The van der Waals surface area contributed by atoms with Gasteiger partial charge in [-0.15, -0.1) is 0 Å². The molecule has 1 fully saturated rings. The molecule has 3 heterocycles. The number of nitrogens with zero attached hydrogens (tertiary/aromatic N) is 3. The van der Waals surface area contributed by atoms with Gasteiger partial charge in [0, 0.05) is 59.1 Å². The Hall–Kier alpha value is -0.0100. The van der Waals surface area contributed by atoms with Gasteiger partial charge in [-0.1, -0.05) is 0 Å². The number of nitrogen functional groups attached to an aromatic ring is 1. The van der Waals surface area contributed by atoms with Gasteiger partial charge in [0.05, 0.1) is 12.9 Å². The maximum Gasteiger partial charge on any atom is 0.280 e. The van der Waals surface area contributed by atoms with Crippen LogP contribution in [0, 0.1) is 0 Å². The number of nitrogens with one attached hydrogen (secondary N) is 1. The molecule has 1 saturated heterocycles. The summed E-state index contributed by atoms with van der Waals surface area (Å²) < 4.78 is 6.64. The van der Waals surface area contributed by atoms with Crippen LogP contribution in [-0.2, 0) is 4.74 Å². The molecule has 1 aliphatic heterocycles. The molecule has 10 nitrogen and oxygen atoms in total. The van der Waals surface area contributed by atoms with E-state index in [4.69, 9.17) is 15.6 Å². The molecule has 2 radical (unpaired) electrons. The van der Waals surface area contributed by atoms with Crippen LogP contribution in [0.25, 0.3) is 11.2 Å². The Bertz CT molecular complexity index is 707. The number of anilines is 1. The number of aliphatic hydroxyl groups is 3. The molecule has 0 amide bonds. The van der Waals surface area contributed by atoms with Crippen molar-refractivity contribution in [1.29, 1.82) is 0 Å². The van der Waals surface area contributed by atoms with Crippen molar-refractivity contribution in [1.82, 2.24) is 19.5 Å². The first kappa shape index (κ1) is 20.0. The van der Waals surface area contributed by atoms with Crippen molar-refractivity contribution >= 4 is 76.2 Å². The first-order valence-electron chi connectivity index (χ1n) is 5.87. The summed E-state index contributed by atoms with van der Waals surface area (Å²) in [7, 11) is 0. The first-order valence-corrected chi connectivity index (χ1v) is 5.87. The molecule has 6 N–H and O–H groups in total. The maximum absolute atomic E-state index is 11.7. The summed E-state index contributed by atoms with van der Waals surface area (Å²) in [5.74, 6) is -0.101. The summed E-state index contributed by atoms with van der Waals surface area (Å²) in [4.78, 5) is 21.8. The number of aliphatic hydroxyl groups excluding tert-OH is 3. The van der Waals surface area contributed by atoms with Crippen molar-refractivity contribution in [3.05, 3.63) is 16.7 Å². The van der Waals surface area contributed by atoms with Crippen molar-refractivity contribution in [2.24, 2.45) is 0 Å². The van der Waals surface area contributed by atoms with E-state index in [1.807, 2.05) is 0 Å². The molecule has 12 heteroatoms. The van der Waals surface area contributed by atoms with Gasteiger partial charge in [-0.3, -0.25) is 14.3 Å². The van der Waals surface area contributed by atoms with Gasteiger partial charge in [-0.05, 0) is 0 Å². The molecule has 0 saturated carbocycles. The van der Waals surface area contributed by atoms with Crippen molar-refractivity contribution in [2.75, 3.05) is 12.3 Å². The number of ether oxygens (including phenoxy) is 1. The molecule has 0 aromatic carbocycles. The maximum atomic E-state index is 11.7. The number of rotatable bonds is 2. The molecule has 1 aliphatic rings. The normalized spacial score (nSPS) is 27.4. The number of H-pyrrole nitrogens is 1. The van der Waals surface area contributed by atoms with Crippen LogP contribution in [0.1, 0.15) is 6.23 Å². The van der Waals surface area contributed by atoms with E-state index >= 15 is 0 Å². The summed E-state index contributed by atoms with van der Waals surface area (Å²) in [6, 6.07) is 0. The van der Waals surface area contributed by atoms with E-state index in [9.17, 15) is 15.0 Å². The van der Waals surface area contributed by atoms with Gasteiger partial charge in [-0.25, -0.2) is 4.98 Å². The first-order chi connectivity index (χ1) is 9.52. The number of imidazole rings is 1. The minimum absolute atomic E-state index is 0. The van der Waals surface area contributed by atoms with E-state index in [-0.39, 0.29) is 76.2 Å². The number of hydrogen-bond donors (Lipinski definition) is 5. The van der Waals surface area contributed by atoms with E-state index in [0.717, 1.165) is 0 Å². The fraction of sp³-hybridized carbons (Fsp3) is 0.500. The van der Waals surface area contributed by atoms with Crippen LogP contribution in [0.3, 0.4) is 0 Å². The van der Waals surface area contributed by atoms with E-state index < -0.39 is 36.7 Å². The summed E-state index contributed by atoms with van der Waals surface area (Å²) >= 11 is 0. The SMILES string of the molecule is Nc1nc2c(ncn2[C@@H]2O[C@H](CO)[C@@H](O)[C@H]2O)c(=O)[nH]1.[Na].[Na]. The molecule has 2 aromatic heterocycles. The largest absolute Gasteiger partial charge is 0.394 e. The second-order valence-electron chi connectivity index (χ2n) is 4.50. The van der Waals surface area contributed by atoms with Crippen LogP contribution >= 0.6 is 0 Å². The van der Waals surface area contributed by atoms with Gasteiger partial charge < -0.3 is 25.8 Å². The molecular formula is C10H13N5Na2O5. The molecule has 2 aromatic rings. The zero-order valence-electron chi connectivity index (χ0n) is 12.2. The molecule has 22 heavy (non-hydrogen) atoms. The fourth-order valence-corrected chi connectivity index (χ4v) is 2.24. The van der Waals surface area contributed by atoms with Crippen LogP contribution in [0.5, 0.6) is 0 Å². The van der Waals surface area contributed by atoms with Crippen LogP contribution in [-0.4, -0.2) is 119 Å². The number of aromatic amines is 1. The molecule has 0 aliphatic carbocycles. The molecular weight excluding hydrogens is 316 g/mol. The van der Waals surface area contributed by atoms with Gasteiger partial charge in [0.1, 0.15) is 18.3 Å². The summed E-state index contributed by atoms with van der Waals surface area (Å²) in [5, 5.41) is 28.7. The quantitative estimate of drug-likeness (QED) is 0.356. The summed E-state index contributed by atoms with van der Waals surface area (Å²) in [5.41, 5.74) is 5.12. The Kier molecular flexibility index (Phi) is 7.02. The van der Waals surface area contributed by atoms with Crippen molar-refractivity contribution in [2.45, 2.75) is 24.5 Å². The average Bonchev–Trinajstić information content (AvgIpc) is 2.93. The number of aromatic nitrogens is 4. The fourth-order valence-electron chi connectivity index (χ4n) is 2.24. The Morgan fingerprint density at radius 3 is 2.64 bits per heavy atom. The van der Waals surface area contributed by atoms with Gasteiger partial charge in [0.25, 0.3) is 5.56 Å². The monoisotopic (exact) mass is 329 g/mol. The van der Waals surface area contributed by atoms with Gasteiger partial charge in [0.2, 0.25) is 5.95 Å². The Balaban J connectivity index is 0.00000121. The zero-order chi connectivity index (χ0) is 14.4. The van der Waals surface area contributed by atoms with Crippen LogP contribution < -0.4 is 11.3 Å². The third kappa shape index (κ3) is 3.26. The second-order valence-corrected chi connectivity index (χ2v) is 4.50. The van der Waals surface area contributed by atoms with E-state index in [1.54, 1.807) is 0 Å². The molecule has 0 bridgehead atoms. The molecule has 3 rings (SSSR count). The molecule has 110 valence electrons. The topological polar surface area (TPSA) is 160 Å². The minimum Gasteiger partial charge on any atom is -0.394 e. The van der Waals surface area contributed by atoms with Gasteiger partial charge >= 0.3 is 0 Å². The second kappa shape index (κ2) is 7.71. The van der Waals surface area contributed by atoms with Crippen molar-refractivity contribution < 1.29 is 20.1 Å². The van der Waals surface area contributed by atoms with Gasteiger partial charge in [0.15, 0.2) is 17.4 Å². The Morgan fingerprint density at radius 1 is 1.36 bits per heavy atom. The molecule has 0 unspecified atom stereocenters. The standard InChI is InChI=1S/C10H13N5O5.2Na/c11-10-13-7-4(8(19)14-10)12-2-15(7)9-6(18)5(17)3(1-16)20-9;;/h2-3,5-6,9,16-18H,1H2,(H3,11,13,14,19);;/t3-,5-,6-,9-;;/m1../s1. The third-order valence-electron chi connectivity index (χ3n) is 3.24. The average molecular weight is 329 g/mol. The van der Waals surface area contributed by atoms with Crippen molar-refractivity contribution in [3.63, 3.8) is 0 Å². The predicted octanol–water partition coefficient (Wildman–Crippen LogP) is -3.45. The summed E-state index contributed by atoms with van der Waals surface area (Å²) in [6.07, 6.45) is -3.21. The van der Waals surface area contributed by atoms with Gasteiger partial charge in [-0.2, -0.15) is 4.98 Å². The van der Waals surface area contributed by atoms with Crippen molar-refractivity contribution in [3.8, 4) is 0 Å². The zero-order valence-corrected chi connectivity index (χ0v) is 16.2. The molecule has 4 atom stereocenters. The van der Waals surface area contributed by atoms with E-state index in [1.165, 1.54) is 10.9 Å². The van der Waals surface area contributed by atoms with Crippen LogP contribution in [0.15, 0.2) is 11.1 Å². The van der Waals surface area contributed by atoms with Crippen LogP contribution in [0.2, 0.25) is 0 Å². The Labute approximate surface area is 168 Å². The summed E-state index contributed by atoms with van der Waals surface area (Å²) in [6.45, 7) is -0.447. The predicted molar refractivity (Wildman–Crippen MR) is 77.1 cm³/mol. The van der Waals surface area contributed by atoms with E-state index in [0.29, 0.717) is 0 Å². The minimum atomic E-state index is -1.29. The number of fused-ring (bicyclic) bond motifs is 1. The van der Waals surface area contributed by atoms with Crippen LogP contribution in [0.4, 0.5) is 5.95 Å². The third-order valence-corrected chi connectivity index (χ3v) is 3.24. The number of hydrogen-bond acceptors (Lipinski definition) is 8. The molecule has 0 spiro atoms. The smallest absolute Gasteiger partial charge is 0.280 e. The number of nitrogens with two attached hydrogens (primary N) is 1. The van der Waals surface area contributed by atoms with E-state index in [2.05, 4.69) is 15.0 Å².